The third-order valence-electron chi connectivity index (χ3n) is 3.12. The van der Waals surface area contributed by atoms with Crippen molar-refractivity contribution in [3.63, 3.8) is 0 Å². The third kappa shape index (κ3) is 3.40. The molecule has 21 heavy (non-hydrogen) atoms. The Morgan fingerprint density at radius 2 is 2.14 bits per heavy atom. The molecule has 1 atom stereocenters. The van der Waals surface area contributed by atoms with E-state index in [1.807, 2.05) is 31.3 Å². The number of thioether (sulfide) groups is 1. The van der Waals surface area contributed by atoms with E-state index >= 15 is 0 Å². The van der Waals surface area contributed by atoms with Gasteiger partial charge in [0.05, 0.1) is 6.04 Å². The molecule has 0 saturated heterocycles. The number of para-hydroxylation sites is 1. The van der Waals surface area contributed by atoms with Crippen molar-refractivity contribution in [2.75, 3.05) is 5.75 Å². The smallest absolute Gasteiger partial charge is 0.276 e. The zero-order chi connectivity index (χ0) is 13.9. The van der Waals surface area contributed by atoms with Crippen molar-refractivity contribution in [1.29, 1.82) is 0 Å². The Kier molecular flexibility index (Phi) is 5.27. The molecule has 3 N–H and O–H groups in total. The van der Waals surface area contributed by atoms with Crippen LogP contribution in [0, 0.1) is 0 Å². The van der Waals surface area contributed by atoms with Crippen molar-refractivity contribution in [2.24, 2.45) is 5.73 Å². The van der Waals surface area contributed by atoms with Crippen LogP contribution < -0.4 is 5.73 Å². The molecule has 0 aliphatic carbocycles. The van der Waals surface area contributed by atoms with E-state index in [0.717, 1.165) is 16.8 Å². The van der Waals surface area contributed by atoms with Gasteiger partial charge < -0.3 is 15.1 Å². The normalized spacial score (nSPS) is 12.3. The van der Waals surface area contributed by atoms with Gasteiger partial charge >= 0.3 is 0 Å². The highest BCUT2D eigenvalue weighted by atomic mass is 35.5. The molecule has 0 bridgehead atoms. The summed E-state index contributed by atoms with van der Waals surface area (Å²) in [5.74, 6) is 1.39. The Bertz CT molecular complexity index is 712. The molecule has 0 amide bonds. The van der Waals surface area contributed by atoms with Gasteiger partial charge in [-0.15, -0.1) is 22.6 Å². The molecular weight excluding hydrogens is 308 g/mol. The van der Waals surface area contributed by atoms with Gasteiger partial charge in [-0.2, -0.15) is 0 Å². The SMILES string of the molecule is CCSc1nnc([C@@H](N)Cc2c[nH]c3ccccc23)o1.Cl. The van der Waals surface area contributed by atoms with Crippen molar-refractivity contribution >= 4 is 35.1 Å². The van der Waals surface area contributed by atoms with E-state index in [0.29, 0.717) is 17.5 Å². The number of hydrogen-bond donors (Lipinski definition) is 2. The standard InChI is InChI=1S/C14H16N4OS.ClH/c1-2-20-14-18-17-13(19-14)11(15)7-9-8-16-12-6-4-3-5-10(9)12;/h3-6,8,11,16H,2,7,15H2,1H3;1H/t11-;/m0./s1. The highest BCUT2D eigenvalue weighted by Crippen LogP contribution is 2.24. The van der Waals surface area contributed by atoms with E-state index in [9.17, 15) is 0 Å². The Labute approximate surface area is 133 Å². The predicted octanol–water partition coefficient (Wildman–Crippen LogP) is 3.33. The molecule has 0 radical (unpaired) electrons. The zero-order valence-corrected chi connectivity index (χ0v) is 13.2. The second-order valence-corrected chi connectivity index (χ2v) is 5.72. The molecule has 0 fully saturated rings. The first kappa shape index (κ1) is 15.9. The summed E-state index contributed by atoms with van der Waals surface area (Å²) in [6, 6.07) is 7.88. The molecule has 0 spiro atoms. The number of aromatic nitrogens is 3. The molecule has 112 valence electrons. The highest BCUT2D eigenvalue weighted by molar-refractivity contribution is 7.99. The van der Waals surface area contributed by atoms with E-state index < -0.39 is 0 Å². The maximum atomic E-state index is 6.17. The Morgan fingerprint density at radius 3 is 2.95 bits per heavy atom. The van der Waals surface area contributed by atoms with Crippen LogP contribution in [0.4, 0.5) is 0 Å². The van der Waals surface area contributed by atoms with Crippen LogP contribution in [0.25, 0.3) is 10.9 Å². The van der Waals surface area contributed by atoms with Crippen molar-refractivity contribution in [3.05, 3.63) is 41.9 Å². The lowest BCUT2D eigenvalue weighted by Gasteiger charge is -2.05. The van der Waals surface area contributed by atoms with Crippen molar-refractivity contribution < 1.29 is 4.42 Å². The fourth-order valence-corrected chi connectivity index (χ4v) is 2.67. The Balaban J connectivity index is 0.00000161. The molecule has 0 unspecified atom stereocenters. The van der Waals surface area contributed by atoms with Gasteiger partial charge in [-0.25, -0.2) is 0 Å². The van der Waals surface area contributed by atoms with E-state index in [-0.39, 0.29) is 18.4 Å². The minimum atomic E-state index is -0.284. The quantitative estimate of drug-likeness (QED) is 0.704. The molecule has 5 nitrogen and oxygen atoms in total. The van der Waals surface area contributed by atoms with Crippen LogP contribution in [0.15, 0.2) is 40.1 Å². The van der Waals surface area contributed by atoms with Gasteiger partial charge in [0.1, 0.15) is 0 Å². The summed E-state index contributed by atoms with van der Waals surface area (Å²) in [4.78, 5) is 3.24. The lowest BCUT2D eigenvalue weighted by molar-refractivity contribution is 0.385. The van der Waals surface area contributed by atoms with E-state index in [1.165, 1.54) is 17.1 Å². The average molecular weight is 325 g/mol. The lowest BCUT2D eigenvalue weighted by Crippen LogP contribution is -2.13. The maximum absolute atomic E-state index is 6.17. The van der Waals surface area contributed by atoms with E-state index in [4.69, 9.17) is 10.2 Å². The Morgan fingerprint density at radius 1 is 1.33 bits per heavy atom. The van der Waals surface area contributed by atoms with Gasteiger partial charge in [-0.1, -0.05) is 36.9 Å². The summed E-state index contributed by atoms with van der Waals surface area (Å²) in [5.41, 5.74) is 8.44. The number of rotatable bonds is 5. The monoisotopic (exact) mass is 324 g/mol. The topological polar surface area (TPSA) is 80.7 Å². The summed E-state index contributed by atoms with van der Waals surface area (Å²) in [7, 11) is 0. The molecule has 0 saturated carbocycles. The largest absolute Gasteiger partial charge is 0.414 e. The second-order valence-electron chi connectivity index (χ2n) is 4.51. The first-order chi connectivity index (χ1) is 9.78. The summed E-state index contributed by atoms with van der Waals surface area (Å²) >= 11 is 1.52. The van der Waals surface area contributed by atoms with Crippen LogP contribution in [-0.4, -0.2) is 20.9 Å². The fourth-order valence-electron chi connectivity index (χ4n) is 2.18. The van der Waals surface area contributed by atoms with Crippen LogP contribution in [0.2, 0.25) is 0 Å². The molecule has 3 rings (SSSR count). The van der Waals surface area contributed by atoms with Gasteiger partial charge in [0.25, 0.3) is 5.22 Å². The molecule has 1 aromatic carbocycles. The Hall–Kier alpha value is -1.50. The minimum absolute atomic E-state index is 0. The van der Waals surface area contributed by atoms with E-state index in [2.05, 4.69) is 21.2 Å². The van der Waals surface area contributed by atoms with Gasteiger partial charge in [0.2, 0.25) is 5.89 Å². The van der Waals surface area contributed by atoms with Gasteiger partial charge in [-0.3, -0.25) is 0 Å². The minimum Gasteiger partial charge on any atom is -0.414 e. The molecule has 2 aromatic heterocycles. The first-order valence-corrected chi connectivity index (χ1v) is 7.53. The van der Waals surface area contributed by atoms with Crippen LogP contribution in [0.1, 0.15) is 24.4 Å². The summed E-state index contributed by atoms with van der Waals surface area (Å²) < 4.78 is 5.55. The number of halogens is 1. The number of hydrogen-bond acceptors (Lipinski definition) is 5. The van der Waals surface area contributed by atoms with E-state index in [1.54, 1.807) is 0 Å². The van der Waals surface area contributed by atoms with Crippen LogP contribution >= 0.6 is 24.2 Å². The van der Waals surface area contributed by atoms with Crippen LogP contribution in [0.3, 0.4) is 0 Å². The van der Waals surface area contributed by atoms with Gasteiger partial charge in [0.15, 0.2) is 0 Å². The van der Waals surface area contributed by atoms with Gasteiger partial charge in [-0.05, 0) is 23.8 Å². The van der Waals surface area contributed by atoms with Crippen molar-refractivity contribution in [3.8, 4) is 0 Å². The summed E-state index contributed by atoms with van der Waals surface area (Å²) in [6.07, 6.45) is 2.66. The predicted molar refractivity (Wildman–Crippen MR) is 86.9 cm³/mol. The van der Waals surface area contributed by atoms with Crippen molar-refractivity contribution in [1.82, 2.24) is 15.2 Å². The molecule has 0 aliphatic heterocycles. The fraction of sp³-hybridized carbons (Fsp3) is 0.286. The maximum Gasteiger partial charge on any atom is 0.276 e. The summed E-state index contributed by atoms with van der Waals surface area (Å²) in [6.45, 7) is 2.04. The number of benzene rings is 1. The van der Waals surface area contributed by atoms with Crippen LogP contribution in [0.5, 0.6) is 0 Å². The van der Waals surface area contributed by atoms with Crippen LogP contribution in [-0.2, 0) is 6.42 Å². The number of nitrogens with one attached hydrogen (secondary N) is 1. The zero-order valence-electron chi connectivity index (χ0n) is 11.6. The first-order valence-electron chi connectivity index (χ1n) is 6.54. The number of aromatic amines is 1. The second kappa shape index (κ2) is 6.98. The molecule has 7 heteroatoms. The lowest BCUT2D eigenvalue weighted by atomic mass is 10.1. The third-order valence-corrected chi connectivity index (χ3v) is 3.82. The number of nitrogens with zero attached hydrogens (tertiary/aromatic N) is 2. The number of fused-ring (bicyclic) bond motifs is 1. The molecule has 0 aliphatic rings. The highest BCUT2D eigenvalue weighted by Gasteiger charge is 2.16. The number of nitrogens with two attached hydrogens (primary N) is 1. The summed E-state index contributed by atoms with van der Waals surface area (Å²) in [5, 5.41) is 9.77. The average Bonchev–Trinajstić information content (AvgIpc) is 3.07. The van der Waals surface area contributed by atoms with Gasteiger partial charge in [0, 0.05) is 17.1 Å². The van der Waals surface area contributed by atoms with Crippen molar-refractivity contribution in [2.45, 2.75) is 24.6 Å². The molecular formula is C14H17ClN4OS. The molecule has 2 heterocycles. The molecule has 3 aromatic rings. The number of H-pyrrole nitrogens is 1.